The van der Waals surface area contributed by atoms with Gasteiger partial charge in [0.25, 0.3) is 0 Å². The molecule has 1 aromatic heterocycles. The molecule has 2 heterocycles. The first-order valence-corrected chi connectivity index (χ1v) is 10.7. The standard InChI is InChI=1S/C23H23N3O3S/c1-29-19-9-7-17(8-10-19)20-15-30-23(24-20)25-22(28)18-13-21(27)26(14-18)12-11-16-5-3-2-4-6-16/h2-10,15,18H,11-14H2,1H3,(H,24,25,28)/t18-/m0/s1. The number of hydrogen-bond donors (Lipinski definition) is 1. The van der Waals surface area contributed by atoms with Gasteiger partial charge in [-0.25, -0.2) is 4.98 Å². The van der Waals surface area contributed by atoms with E-state index in [1.54, 1.807) is 12.0 Å². The third-order valence-electron chi connectivity index (χ3n) is 5.22. The van der Waals surface area contributed by atoms with Crippen LogP contribution < -0.4 is 10.1 Å². The zero-order valence-electron chi connectivity index (χ0n) is 16.7. The largest absolute Gasteiger partial charge is 0.497 e. The summed E-state index contributed by atoms with van der Waals surface area (Å²) in [6, 6.07) is 17.7. The molecular weight excluding hydrogens is 398 g/mol. The third kappa shape index (κ3) is 4.68. The minimum absolute atomic E-state index is 0.0316. The predicted octanol–water partition coefficient (Wildman–Crippen LogP) is 3.85. The quantitative estimate of drug-likeness (QED) is 0.629. The first kappa shape index (κ1) is 20.1. The molecule has 0 aliphatic carbocycles. The van der Waals surface area contributed by atoms with Crippen LogP contribution in [0.5, 0.6) is 5.75 Å². The fraction of sp³-hybridized carbons (Fsp3) is 0.261. The number of thiazole rings is 1. The molecule has 0 bridgehead atoms. The Kier molecular flexibility index (Phi) is 6.09. The molecule has 6 nitrogen and oxygen atoms in total. The number of aromatic nitrogens is 1. The van der Waals surface area contributed by atoms with Crippen molar-refractivity contribution < 1.29 is 14.3 Å². The van der Waals surface area contributed by atoms with Gasteiger partial charge in [-0.2, -0.15) is 0 Å². The SMILES string of the molecule is COc1ccc(-c2csc(NC(=O)[C@H]3CC(=O)N(CCc4ccccc4)C3)n2)cc1. The highest BCUT2D eigenvalue weighted by Crippen LogP contribution is 2.27. The molecule has 1 fully saturated rings. The molecule has 0 unspecified atom stereocenters. The van der Waals surface area contributed by atoms with Crippen LogP contribution >= 0.6 is 11.3 Å². The van der Waals surface area contributed by atoms with Crippen molar-refractivity contribution in [2.45, 2.75) is 12.8 Å². The number of methoxy groups -OCH3 is 1. The Hall–Kier alpha value is -3.19. The molecule has 7 heteroatoms. The highest BCUT2D eigenvalue weighted by atomic mass is 32.1. The molecule has 0 spiro atoms. The second-order valence-corrected chi connectivity index (χ2v) is 8.09. The van der Waals surface area contributed by atoms with E-state index in [0.29, 0.717) is 18.2 Å². The summed E-state index contributed by atoms with van der Waals surface area (Å²) in [4.78, 5) is 31.3. The molecule has 30 heavy (non-hydrogen) atoms. The van der Waals surface area contributed by atoms with Gasteiger partial charge in [-0.1, -0.05) is 30.3 Å². The van der Waals surface area contributed by atoms with E-state index in [-0.39, 0.29) is 24.2 Å². The van der Waals surface area contributed by atoms with Crippen LogP contribution in [0.1, 0.15) is 12.0 Å². The average Bonchev–Trinajstić information content (AvgIpc) is 3.39. The molecule has 1 saturated heterocycles. The summed E-state index contributed by atoms with van der Waals surface area (Å²) in [5.74, 6) is 0.317. The van der Waals surface area contributed by atoms with Crippen LogP contribution in [0.25, 0.3) is 11.3 Å². The second-order valence-electron chi connectivity index (χ2n) is 7.23. The molecule has 1 aliphatic rings. The normalized spacial score (nSPS) is 16.0. The van der Waals surface area contributed by atoms with Crippen molar-refractivity contribution in [2.24, 2.45) is 5.92 Å². The monoisotopic (exact) mass is 421 g/mol. The summed E-state index contributed by atoms with van der Waals surface area (Å²) in [5, 5.41) is 5.33. The minimum Gasteiger partial charge on any atom is -0.497 e. The zero-order chi connectivity index (χ0) is 20.9. The number of hydrogen-bond acceptors (Lipinski definition) is 5. The third-order valence-corrected chi connectivity index (χ3v) is 5.98. The molecule has 1 atom stereocenters. The Balaban J connectivity index is 1.33. The number of anilines is 1. The van der Waals surface area contributed by atoms with Crippen LogP contribution in [0, 0.1) is 5.92 Å². The number of carbonyl (C=O) groups excluding carboxylic acids is 2. The van der Waals surface area contributed by atoms with E-state index in [1.165, 1.54) is 16.9 Å². The van der Waals surface area contributed by atoms with Crippen LogP contribution in [0.4, 0.5) is 5.13 Å². The number of likely N-dealkylation sites (tertiary alicyclic amines) is 1. The second kappa shape index (κ2) is 9.09. The summed E-state index contributed by atoms with van der Waals surface area (Å²) in [7, 11) is 1.63. The van der Waals surface area contributed by atoms with Crippen LogP contribution in [0.3, 0.4) is 0 Å². The fourth-order valence-corrected chi connectivity index (χ4v) is 4.23. The van der Waals surface area contributed by atoms with Crippen LogP contribution in [0.2, 0.25) is 0 Å². The van der Waals surface area contributed by atoms with Crippen LogP contribution in [-0.2, 0) is 16.0 Å². The maximum atomic E-state index is 12.7. The van der Waals surface area contributed by atoms with Gasteiger partial charge in [0, 0.05) is 30.5 Å². The molecule has 1 N–H and O–H groups in total. The van der Waals surface area contributed by atoms with E-state index in [9.17, 15) is 9.59 Å². The van der Waals surface area contributed by atoms with Crippen molar-refractivity contribution in [3.05, 3.63) is 65.5 Å². The Morgan fingerprint density at radius 1 is 1.20 bits per heavy atom. The molecular formula is C23H23N3O3S. The molecule has 2 aromatic carbocycles. The molecule has 2 amide bonds. The number of benzene rings is 2. The summed E-state index contributed by atoms with van der Waals surface area (Å²) in [6.45, 7) is 1.08. The van der Waals surface area contributed by atoms with Gasteiger partial charge in [-0.15, -0.1) is 11.3 Å². The van der Waals surface area contributed by atoms with Gasteiger partial charge < -0.3 is 15.0 Å². The van der Waals surface area contributed by atoms with Gasteiger partial charge in [-0.3, -0.25) is 9.59 Å². The molecule has 3 aromatic rings. The molecule has 0 radical (unpaired) electrons. The van der Waals surface area contributed by atoms with E-state index in [0.717, 1.165) is 23.4 Å². The van der Waals surface area contributed by atoms with Gasteiger partial charge in [-0.05, 0) is 36.2 Å². The Morgan fingerprint density at radius 2 is 1.97 bits per heavy atom. The van der Waals surface area contributed by atoms with Crippen molar-refractivity contribution in [1.29, 1.82) is 0 Å². The first-order chi connectivity index (χ1) is 14.6. The first-order valence-electron chi connectivity index (χ1n) is 9.85. The van der Waals surface area contributed by atoms with E-state index in [4.69, 9.17) is 4.74 Å². The molecule has 4 rings (SSSR count). The van der Waals surface area contributed by atoms with Gasteiger partial charge in [0.05, 0.1) is 18.7 Å². The Bertz CT molecular complexity index is 1020. The van der Waals surface area contributed by atoms with Crippen molar-refractivity contribution in [1.82, 2.24) is 9.88 Å². The van der Waals surface area contributed by atoms with Crippen LogP contribution in [-0.4, -0.2) is 41.9 Å². The summed E-state index contributed by atoms with van der Waals surface area (Å²) in [6.07, 6.45) is 1.04. The number of carbonyl (C=O) groups is 2. The van der Waals surface area contributed by atoms with Gasteiger partial charge in [0.1, 0.15) is 5.75 Å². The van der Waals surface area contributed by atoms with E-state index in [2.05, 4.69) is 10.3 Å². The lowest BCUT2D eigenvalue weighted by molar-refractivity contribution is -0.128. The summed E-state index contributed by atoms with van der Waals surface area (Å²) in [5.41, 5.74) is 2.94. The Labute approximate surface area is 179 Å². The maximum Gasteiger partial charge on any atom is 0.231 e. The highest BCUT2D eigenvalue weighted by Gasteiger charge is 2.34. The van der Waals surface area contributed by atoms with Crippen molar-refractivity contribution >= 4 is 28.3 Å². The van der Waals surface area contributed by atoms with Crippen molar-refractivity contribution in [3.63, 3.8) is 0 Å². The summed E-state index contributed by atoms with van der Waals surface area (Å²) >= 11 is 1.38. The van der Waals surface area contributed by atoms with E-state index < -0.39 is 0 Å². The number of ether oxygens (including phenoxy) is 1. The smallest absolute Gasteiger partial charge is 0.231 e. The fourth-order valence-electron chi connectivity index (χ4n) is 3.51. The molecule has 154 valence electrons. The molecule has 1 aliphatic heterocycles. The highest BCUT2D eigenvalue weighted by molar-refractivity contribution is 7.14. The zero-order valence-corrected chi connectivity index (χ0v) is 17.5. The van der Waals surface area contributed by atoms with E-state index >= 15 is 0 Å². The topological polar surface area (TPSA) is 71.5 Å². The lowest BCUT2D eigenvalue weighted by Gasteiger charge is -2.16. The minimum atomic E-state index is -0.346. The maximum absolute atomic E-state index is 12.7. The van der Waals surface area contributed by atoms with Gasteiger partial charge in [0.2, 0.25) is 11.8 Å². The molecule has 0 saturated carbocycles. The van der Waals surface area contributed by atoms with Gasteiger partial charge >= 0.3 is 0 Å². The van der Waals surface area contributed by atoms with Crippen LogP contribution in [0.15, 0.2) is 60.0 Å². The van der Waals surface area contributed by atoms with Gasteiger partial charge in [0.15, 0.2) is 5.13 Å². The van der Waals surface area contributed by atoms with Crippen molar-refractivity contribution in [2.75, 3.05) is 25.5 Å². The summed E-state index contributed by atoms with van der Waals surface area (Å²) < 4.78 is 5.17. The number of amides is 2. The Morgan fingerprint density at radius 3 is 2.70 bits per heavy atom. The van der Waals surface area contributed by atoms with E-state index in [1.807, 2.05) is 60.0 Å². The lowest BCUT2D eigenvalue weighted by Crippen LogP contribution is -2.30. The number of nitrogens with zero attached hydrogens (tertiary/aromatic N) is 2. The predicted molar refractivity (Wildman–Crippen MR) is 118 cm³/mol. The average molecular weight is 422 g/mol. The van der Waals surface area contributed by atoms with Crippen molar-refractivity contribution in [3.8, 4) is 17.0 Å². The lowest BCUT2D eigenvalue weighted by atomic mass is 10.1. The number of rotatable bonds is 7. The number of nitrogens with one attached hydrogen (secondary N) is 1.